The van der Waals surface area contributed by atoms with Gasteiger partial charge in [0.1, 0.15) is 6.10 Å². The Morgan fingerprint density at radius 3 is 2.64 bits per heavy atom. The van der Waals surface area contributed by atoms with Gasteiger partial charge in [-0.25, -0.2) is 4.79 Å². The van der Waals surface area contributed by atoms with Gasteiger partial charge in [0.2, 0.25) is 0 Å². The van der Waals surface area contributed by atoms with Crippen LogP contribution in [-0.2, 0) is 4.74 Å². The summed E-state index contributed by atoms with van der Waals surface area (Å²) in [5, 5.41) is 0. The molecule has 0 aliphatic carbocycles. The first kappa shape index (κ1) is 10.7. The lowest BCUT2D eigenvalue weighted by Gasteiger charge is -2.11. The van der Waals surface area contributed by atoms with Crippen molar-refractivity contribution in [3.63, 3.8) is 0 Å². The van der Waals surface area contributed by atoms with Gasteiger partial charge < -0.3 is 10.5 Å². The molecule has 14 heavy (non-hydrogen) atoms. The van der Waals surface area contributed by atoms with Crippen molar-refractivity contribution < 1.29 is 9.53 Å². The van der Waals surface area contributed by atoms with E-state index in [4.69, 9.17) is 10.5 Å². The summed E-state index contributed by atoms with van der Waals surface area (Å²) in [6.07, 6.45) is 0.575. The minimum absolute atomic E-state index is 0.118. The summed E-state index contributed by atoms with van der Waals surface area (Å²) in [4.78, 5) is 11.5. The fourth-order valence-electron chi connectivity index (χ4n) is 1.12. The molecule has 0 saturated heterocycles. The summed E-state index contributed by atoms with van der Waals surface area (Å²) in [6.45, 7) is 2.37. The summed E-state index contributed by atoms with van der Waals surface area (Å²) in [7, 11) is 0. The molecular weight excluding hydrogens is 178 g/mol. The second-order valence-electron chi connectivity index (χ2n) is 3.16. The van der Waals surface area contributed by atoms with E-state index in [9.17, 15) is 4.79 Å². The molecule has 1 aromatic rings. The highest BCUT2D eigenvalue weighted by atomic mass is 16.5. The van der Waals surface area contributed by atoms with Crippen molar-refractivity contribution in [3.8, 4) is 0 Å². The SMILES string of the molecule is C[C@@H](CCN)OC(=O)c1ccccc1. The number of hydrogen-bond acceptors (Lipinski definition) is 3. The van der Waals surface area contributed by atoms with E-state index in [1.165, 1.54) is 0 Å². The van der Waals surface area contributed by atoms with Gasteiger partial charge in [0.25, 0.3) is 0 Å². The number of carbonyl (C=O) groups excluding carboxylic acids is 1. The third kappa shape index (κ3) is 3.18. The lowest BCUT2D eigenvalue weighted by molar-refractivity contribution is 0.0330. The molecule has 3 nitrogen and oxygen atoms in total. The molecule has 1 aromatic carbocycles. The highest BCUT2D eigenvalue weighted by Gasteiger charge is 2.10. The first-order valence-corrected chi connectivity index (χ1v) is 4.70. The number of ether oxygens (including phenoxy) is 1. The van der Waals surface area contributed by atoms with Gasteiger partial charge >= 0.3 is 5.97 Å². The monoisotopic (exact) mass is 193 g/mol. The van der Waals surface area contributed by atoms with Crippen molar-refractivity contribution in [1.82, 2.24) is 0 Å². The molecule has 0 unspecified atom stereocenters. The zero-order chi connectivity index (χ0) is 10.4. The predicted octanol–water partition coefficient (Wildman–Crippen LogP) is 1.58. The average Bonchev–Trinajstić information content (AvgIpc) is 2.19. The van der Waals surface area contributed by atoms with E-state index in [0.29, 0.717) is 18.5 Å². The molecule has 3 heteroatoms. The van der Waals surface area contributed by atoms with Crippen LogP contribution in [0.1, 0.15) is 23.7 Å². The Bertz CT molecular complexity index is 285. The van der Waals surface area contributed by atoms with Crippen molar-refractivity contribution in [1.29, 1.82) is 0 Å². The quantitative estimate of drug-likeness (QED) is 0.738. The maximum Gasteiger partial charge on any atom is 0.338 e. The highest BCUT2D eigenvalue weighted by Crippen LogP contribution is 2.04. The summed E-state index contributed by atoms with van der Waals surface area (Å²) in [5.74, 6) is -0.286. The van der Waals surface area contributed by atoms with Crippen LogP contribution < -0.4 is 5.73 Å². The minimum atomic E-state index is -0.286. The predicted molar refractivity (Wildman–Crippen MR) is 55.0 cm³/mol. The second-order valence-corrected chi connectivity index (χ2v) is 3.16. The second kappa shape index (κ2) is 5.40. The van der Waals surface area contributed by atoms with Crippen LogP contribution in [0.4, 0.5) is 0 Å². The van der Waals surface area contributed by atoms with Crippen LogP contribution in [-0.4, -0.2) is 18.6 Å². The first-order valence-electron chi connectivity index (χ1n) is 4.70. The van der Waals surface area contributed by atoms with Gasteiger partial charge in [0.15, 0.2) is 0 Å². The molecule has 76 valence electrons. The van der Waals surface area contributed by atoms with Gasteiger partial charge in [-0.1, -0.05) is 18.2 Å². The molecule has 0 radical (unpaired) electrons. The van der Waals surface area contributed by atoms with Gasteiger partial charge in [-0.05, 0) is 32.0 Å². The van der Waals surface area contributed by atoms with Crippen molar-refractivity contribution in [2.24, 2.45) is 5.73 Å². The Hall–Kier alpha value is -1.35. The fourth-order valence-corrected chi connectivity index (χ4v) is 1.12. The molecule has 2 N–H and O–H groups in total. The molecule has 0 aliphatic heterocycles. The van der Waals surface area contributed by atoms with Crippen LogP contribution in [0, 0.1) is 0 Å². The van der Waals surface area contributed by atoms with Crippen LogP contribution in [0.5, 0.6) is 0 Å². The minimum Gasteiger partial charge on any atom is -0.459 e. The van der Waals surface area contributed by atoms with E-state index in [2.05, 4.69) is 0 Å². The molecule has 0 spiro atoms. The summed E-state index contributed by atoms with van der Waals surface area (Å²) in [6, 6.07) is 8.95. The van der Waals surface area contributed by atoms with E-state index in [1.54, 1.807) is 12.1 Å². The Balaban J connectivity index is 2.51. The normalized spacial score (nSPS) is 12.1. The lowest BCUT2D eigenvalue weighted by Crippen LogP contribution is -2.18. The lowest BCUT2D eigenvalue weighted by atomic mass is 10.2. The van der Waals surface area contributed by atoms with Crippen LogP contribution in [0.25, 0.3) is 0 Å². The number of benzene rings is 1. The van der Waals surface area contributed by atoms with Gasteiger partial charge in [-0.15, -0.1) is 0 Å². The van der Waals surface area contributed by atoms with Crippen LogP contribution in [0.2, 0.25) is 0 Å². The third-order valence-corrected chi connectivity index (χ3v) is 1.89. The molecule has 1 rings (SSSR count). The van der Waals surface area contributed by atoms with E-state index in [-0.39, 0.29) is 12.1 Å². The molecule has 0 amide bonds. The number of rotatable bonds is 4. The summed E-state index contributed by atoms with van der Waals surface area (Å²) < 4.78 is 5.16. The topological polar surface area (TPSA) is 52.3 Å². The molecule has 1 atom stereocenters. The van der Waals surface area contributed by atoms with Crippen molar-refractivity contribution >= 4 is 5.97 Å². The Morgan fingerprint density at radius 1 is 1.43 bits per heavy atom. The van der Waals surface area contributed by atoms with Gasteiger partial charge in [0, 0.05) is 0 Å². The first-order chi connectivity index (χ1) is 6.74. The molecule has 0 aromatic heterocycles. The smallest absolute Gasteiger partial charge is 0.338 e. The molecule has 0 fully saturated rings. The van der Waals surface area contributed by atoms with E-state index >= 15 is 0 Å². The molecule has 0 heterocycles. The number of hydrogen-bond donors (Lipinski definition) is 1. The Labute approximate surface area is 83.9 Å². The zero-order valence-electron chi connectivity index (χ0n) is 8.27. The maximum absolute atomic E-state index is 11.5. The van der Waals surface area contributed by atoms with Crippen LogP contribution in [0.15, 0.2) is 30.3 Å². The average molecular weight is 193 g/mol. The third-order valence-electron chi connectivity index (χ3n) is 1.89. The van der Waals surface area contributed by atoms with Gasteiger partial charge in [0.05, 0.1) is 5.56 Å². The van der Waals surface area contributed by atoms with Gasteiger partial charge in [-0.3, -0.25) is 0 Å². The van der Waals surface area contributed by atoms with E-state index in [1.807, 2.05) is 25.1 Å². The highest BCUT2D eigenvalue weighted by molar-refractivity contribution is 5.89. The molecule has 0 bridgehead atoms. The zero-order valence-corrected chi connectivity index (χ0v) is 8.27. The van der Waals surface area contributed by atoms with E-state index in [0.717, 1.165) is 0 Å². The Kier molecular flexibility index (Phi) is 4.13. The van der Waals surface area contributed by atoms with Crippen molar-refractivity contribution in [2.45, 2.75) is 19.4 Å². The van der Waals surface area contributed by atoms with Crippen LogP contribution >= 0.6 is 0 Å². The van der Waals surface area contributed by atoms with Gasteiger partial charge in [-0.2, -0.15) is 0 Å². The molecular formula is C11H15NO2. The summed E-state index contributed by atoms with van der Waals surface area (Å²) in [5.41, 5.74) is 5.93. The largest absolute Gasteiger partial charge is 0.459 e. The fraction of sp³-hybridized carbons (Fsp3) is 0.364. The maximum atomic E-state index is 11.5. The standard InChI is InChI=1S/C11H15NO2/c1-9(7-8-12)14-11(13)10-5-3-2-4-6-10/h2-6,9H,7-8,12H2,1H3/t9-/m0/s1. The molecule has 0 aliphatic rings. The molecule has 0 saturated carbocycles. The van der Waals surface area contributed by atoms with Crippen molar-refractivity contribution in [3.05, 3.63) is 35.9 Å². The van der Waals surface area contributed by atoms with Crippen molar-refractivity contribution in [2.75, 3.05) is 6.54 Å². The summed E-state index contributed by atoms with van der Waals surface area (Å²) >= 11 is 0. The Morgan fingerprint density at radius 2 is 2.07 bits per heavy atom. The number of carbonyl (C=O) groups is 1. The van der Waals surface area contributed by atoms with E-state index < -0.39 is 0 Å². The van der Waals surface area contributed by atoms with Crippen LogP contribution in [0.3, 0.4) is 0 Å². The number of nitrogens with two attached hydrogens (primary N) is 1. The number of esters is 1.